The Morgan fingerprint density at radius 2 is 1.80 bits per heavy atom. The van der Waals surface area contributed by atoms with Crippen molar-refractivity contribution in [3.63, 3.8) is 0 Å². The van der Waals surface area contributed by atoms with Gasteiger partial charge in [0.2, 0.25) is 11.8 Å². The molecule has 8 nitrogen and oxygen atoms in total. The molecule has 4 heterocycles. The van der Waals surface area contributed by atoms with Crippen molar-refractivity contribution >= 4 is 45.9 Å². The summed E-state index contributed by atoms with van der Waals surface area (Å²) < 4.78 is 6.26. The Hall–Kier alpha value is -3.49. The molecule has 2 fully saturated rings. The highest BCUT2D eigenvalue weighted by Crippen LogP contribution is 2.43. The number of aromatic nitrogens is 1. The van der Waals surface area contributed by atoms with E-state index >= 15 is 0 Å². The molecule has 35 heavy (non-hydrogen) atoms. The van der Waals surface area contributed by atoms with Gasteiger partial charge in [0.1, 0.15) is 5.75 Å². The molecule has 0 saturated carbocycles. The minimum atomic E-state index is -0.577. The summed E-state index contributed by atoms with van der Waals surface area (Å²) in [7, 11) is 0. The summed E-state index contributed by atoms with van der Waals surface area (Å²) in [6.45, 7) is 2.90. The van der Waals surface area contributed by atoms with Crippen molar-refractivity contribution < 1.29 is 19.1 Å². The number of nitrogens with one attached hydrogen (secondary N) is 1. The van der Waals surface area contributed by atoms with Crippen LogP contribution in [0.5, 0.6) is 5.75 Å². The summed E-state index contributed by atoms with van der Waals surface area (Å²) in [6, 6.07) is 11.0. The van der Waals surface area contributed by atoms with Crippen molar-refractivity contribution in [2.24, 2.45) is 0 Å². The van der Waals surface area contributed by atoms with E-state index in [-0.39, 0.29) is 30.6 Å². The number of ether oxygens (including phenoxy) is 1. The van der Waals surface area contributed by atoms with Gasteiger partial charge in [0, 0.05) is 73.2 Å². The van der Waals surface area contributed by atoms with E-state index in [0.717, 1.165) is 35.2 Å². The first-order valence-electron chi connectivity index (χ1n) is 11.7. The molecule has 1 unspecified atom stereocenters. The monoisotopic (exact) mass is 490 g/mol. The smallest absolute Gasteiger partial charge is 0.264 e. The molecule has 6 rings (SSSR count). The second-order valence-corrected chi connectivity index (χ2v) is 9.45. The molecule has 2 saturated heterocycles. The fourth-order valence-electron chi connectivity index (χ4n) is 5.13. The van der Waals surface area contributed by atoms with Gasteiger partial charge in [-0.2, -0.15) is 0 Å². The van der Waals surface area contributed by atoms with Gasteiger partial charge in [0.05, 0.1) is 11.2 Å². The van der Waals surface area contributed by atoms with E-state index in [1.54, 1.807) is 18.3 Å². The van der Waals surface area contributed by atoms with E-state index < -0.39 is 6.10 Å². The molecule has 0 spiro atoms. The summed E-state index contributed by atoms with van der Waals surface area (Å²) in [5.41, 5.74) is 3.71. The number of pyridine rings is 1. The number of hydrogen-bond donors (Lipinski definition) is 1. The molecule has 0 radical (unpaired) electrons. The second kappa shape index (κ2) is 8.62. The molecule has 3 amide bonds. The predicted molar refractivity (Wildman–Crippen MR) is 131 cm³/mol. The van der Waals surface area contributed by atoms with Gasteiger partial charge >= 0.3 is 0 Å². The maximum Gasteiger partial charge on any atom is 0.264 e. The van der Waals surface area contributed by atoms with Crippen LogP contribution in [0.15, 0.2) is 42.6 Å². The van der Waals surface area contributed by atoms with E-state index in [9.17, 15) is 14.4 Å². The Morgan fingerprint density at radius 3 is 2.57 bits per heavy atom. The number of imide groups is 1. The third-order valence-electron chi connectivity index (χ3n) is 6.83. The zero-order valence-corrected chi connectivity index (χ0v) is 19.7. The predicted octanol–water partition coefficient (Wildman–Crippen LogP) is 2.94. The standard InChI is InChI=1S/C26H23ClN4O4/c27-16-11-15-12-22(26(34)30-9-7-28-8-10-30)35-25(15)20(13-16)18-5-6-29-21-14-17(1-2-19(18)21)31-23(32)3-4-24(31)33/h1-2,5-6,11,13-14,22,28H,3-4,7-10,12H2. The van der Waals surface area contributed by atoms with Gasteiger partial charge in [0.15, 0.2) is 6.10 Å². The number of piperazine rings is 1. The van der Waals surface area contributed by atoms with E-state index in [1.807, 2.05) is 29.2 Å². The van der Waals surface area contributed by atoms with Gasteiger partial charge in [-0.05, 0) is 35.9 Å². The first-order valence-corrected chi connectivity index (χ1v) is 12.1. The van der Waals surface area contributed by atoms with Gasteiger partial charge in [-0.15, -0.1) is 0 Å². The lowest BCUT2D eigenvalue weighted by Gasteiger charge is -2.29. The van der Waals surface area contributed by atoms with Crippen LogP contribution in [-0.2, 0) is 20.8 Å². The number of carbonyl (C=O) groups excluding carboxylic acids is 3. The molecule has 1 aromatic heterocycles. The largest absolute Gasteiger partial charge is 0.479 e. The number of fused-ring (bicyclic) bond motifs is 2. The fourth-order valence-corrected chi connectivity index (χ4v) is 5.37. The van der Waals surface area contributed by atoms with E-state index in [4.69, 9.17) is 16.3 Å². The molecule has 2 aromatic carbocycles. The number of halogens is 1. The Balaban J connectivity index is 1.38. The van der Waals surface area contributed by atoms with Gasteiger partial charge in [-0.3, -0.25) is 24.3 Å². The lowest BCUT2D eigenvalue weighted by atomic mass is 9.97. The Bertz CT molecular complexity index is 1370. The lowest BCUT2D eigenvalue weighted by molar-refractivity contribution is -0.138. The molecule has 178 valence electrons. The summed E-state index contributed by atoms with van der Waals surface area (Å²) in [5, 5.41) is 4.66. The third-order valence-corrected chi connectivity index (χ3v) is 7.04. The number of anilines is 1. The van der Waals surface area contributed by atoms with Crippen LogP contribution in [0.1, 0.15) is 18.4 Å². The number of rotatable bonds is 3. The topological polar surface area (TPSA) is 91.8 Å². The third kappa shape index (κ3) is 3.83. The minimum absolute atomic E-state index is 0.00560. The quantitative estimate of drug-likeness (QED) is 0.568. The fraction of sp³-hybridized carbons (Fsp3) is 0.308. The van der Waals surface area contributed by atoms with Crippen LogP contribution < -0.4 is 15.0 Å². The minimum Gasteiger partial charge on any atom is -0.479 e. The van der Waals surface area contributed by atoms with Crippen LogP contribution in [0.2, 0.25) is 5.02 Å². The molecule has 1 atom stereocenters. The summed E-state index contributed by atoms with van der Waals surface area (Å²) >= 11 is 6.49. The highest BCUT2D eigenvalue weighted by atomic mass is 35.5. The van der Waals surface area contributed by atoms with E-state index in [2.05, 4.69) is 10.3 Å². The van der Waals surface area contributed by atoms with Gasteiger partial charge < -0.3 is 15.0 Å². The summed E-state index contributed by atoms with van der Waals surface area (Å²) in [6.07, 6.45) is 2.03. The highest BCUT2D eigenvalue weighted by molar-refractivity contribution is 6.31. The van der Waals surface area contributed by atoms with Gasteiger partial charge in [-0.25, -0.2) is 0 Å². The maximum absolute atomic E-state index is 13.1. The molecule has 0 bridgehead atoms. The van der Waals surface area contributed by atoms with Gasteiger partial charge in [-0.1, -0.05) is 17.7 Å². The van der Waals surface area contributed by atoms with Crippen LogP contribution in [0, 0.1) is 0 Å². The van der Waals surface area contributed by atoms with Crippen molar-refractivity contribution in [1.82, 2.24) is 15.2 Å². The summed E-state index contributed by atoms with van der Waals surface area (Å²) in [5.74, 6) is 0.247. The molecular weight excluding hydrogens is 468 g/mol. The molecule has 1 N–H and O–H groups in total. The summed E-state index contributed by atoms with van der Waals surface area (Å²) in [4.78, 5) is 45.0. The van der Waals surface area contributed by atoms with E-state index in [0.29, 0.717) is 41.5 Å². The average Bonchev–Trinajstić information content (AvgIpc) is 3.45. The van der Waals surface area contributed by atoms with Crippen LogP contribution in [-0.4, -0.2) is 59.9 Å². The number of amides is 3. The normalized spacial score (nSPS) is 19.9. The zero-order valence-electron chi connectivity index (χ0n) is 18.9. The first-order chi connectivity index (χ1) is 17.0. The number of nitrogens with zero attached hydrogens (tertiary/aromatic N) is 3. The molecule has 9 heteroatoms. The Labute approximate surface area is 206 Å². The van der Waals surface area contributed by atoms with Crippen LogP contribution in [0.4, 0.5) is 5.69 Å². The second-order valence-electron chi connectivity index (χ2n) is 9.01. The van der Waals surface area contributed by atoms with Crippen molar-refractivity contribution in [3.8, 4) is 16.9 Å². The van der Waals surface area contributed by atoms with Crippen LogP contribution in [0.3, 0.4) is 0 Å². The van der Waals surface area contributed by atoms with Gasteiger partial charge in [0.25, 0.3) is 5.91 Å². The molecule has 3 aliphatic rings. The zero-order chi connectivity index (χ0) is 24.1. The molecular formula is C26H23ClN4O4. The van der Waals surface area contributed by atoms with Crippen molar-refractivity contribution in [2.45, 2.75) is 25.4 Å². The number of carbonyl (C=O) groups is 3. The first kappa shape index (κ1) is 22.0. The van der Waals surface area contributed by atoms with Crippen LogP contribution in [0.25, 0.3) is 22.0 Å². The Kier molecular flexibility index (Phi) is 5.42. The van der Waals surface area contributed by atoms with Crippen molar-refractivity contribution in [2.75, 3.05) is 31.1 Å². The SMILES string of the molecule is O=C(C1Cc2cc(Cl)cc(-c3ccnc4cc(N5C(=O)CCC5=O)ccc34)c2O1)N1CCNCC1. The number of hydrogen-bond acceptors (Lipinski definition) is 6. The lowest BCUT2D eigenvalue weighted by Crippen LogP contribution is -2.50. The van der Waals surface area contributed by atoms with Crippen molar-refractivity contribution in [3.05, 3.63) is 53.2 Å². The molecule has 0 aliphatic carbocycles. The molecule has 3 aliphatic heterocycles. The van der Waals surface area contributed by atoms with Crippen LogP contribution >= 0.6 is 11.6 Å². The molecule has 3 aromatic rings. The maximum atomic E-state index is 13.1. The van der Waals surface area contributed by atoms with Crippen molar-refractivity contribution in [1.29, 1.82) is 0 Å². The number of benzene rings is 2. The van der Waals surface area contributed by atoms with E-state index in [1.165, 1.54) is 4.90 Å². The average molecular weight is 491 g/mol. The Morgan fingerprint density at radius 1 is 1.03 bits per heavy atom. The highest BCUT2D eigenvalue weighted by Gasteiger charge is 2.35.